The van der Waals surface area contributed by atoms with Gasteiger partial charge in [-0.3, -0.25) is 14.6 Å². The third-order valence-corrected chi connectivity index (χ3v) is 3.98. The van der Waals surface area contributed by atoms with Crippen LogP contribution in [0, 0.1) is 6.92 Å². The van der Waals surface area contributed by atoms with Crippen molar-refractivity contribution in [2.75, 3.05) is 0 Å². The molecule has 0 aliphatic carbocycles. The lowest BCUT2D eigenvalue weighted by Gasteiger charge is -2.38. The molecule has 0 radical (unpaired) electrons. The third-order valence-electron chi connectivity index (χ3n) is 3.98. The van der Waals surface area contributed by atoms with Gasteiger partial charge in [-0.05, 0) is 31.4 Å². The third kappa shape index (κ3) is 3.23. The topological polar surface area (TPSA) is 62.3 Å². The van der Waals surface area contributed by atoms with E-state index in [0.717, 1.165) is 17.7 Å². The SMILES string of the molecule is CCCC1C(=O)NC(CC)C(=O)N1Cc1ncccc1C. The Hall–Kier alpha value is -1.91. The summed E-state index contributed by atoms with van der Waals surface area (Å²) in [5, 5.41) is 2.83. The van der Waals surface area contributed by atoms with Gasteiger partial charge >= 0.3 is 0 Å². The van der Waals surface area contributed by atoms with Gasteiger partial charge in [0.05, 0.1) is 12.2 Å². The summed E-state index contributed by atoms with van der Waals surface area (Å²) in [5.41, 5.74) is 1.90. The van der Waals surface area contributed by atoms with E-state index in [1.54, 1.807) is 11.1 Å². The molecule has 2 heterocycles. The molecule has 5 nitrogen and oxygen atoms in total. The molecule has 1 aliphatic heterocycles. The molecule has 0 bridgehead atoms. The van der Waals surface area contributed by atoms with E-state index in [1.165, 1.54) is 0 Å². The fraction of sp³-hybridized carbons (Fsp3) is 0.562. The van der Waals surface area contributed by atoms with Crippen LogP contribution in [0.15, 0.2) is 18.3 Å². The molecule has 1 aromatic heterocycles. The molecule has 2 atom stereocenters. The van der Waals surface area contributed by atoms with Gasteiger partial charge in [0.2, 0.25) is 11.8 Å². The highest BCUT2D eigenvalue weighted by Gasteiger charge is 2.39. The van der Waals surface area contributed by atoms with E-state index < -0.39 is 6.04 Å². The zero-order valence-corrected chi connectivity index (χ0v) is 12.9. The number of hydrogen-bond donors (Lipinski definition) is 1. The zero-order chi connectivity index (χ0) is 15.4. The summed E-state index contributed by atoms with van der Waals surface area (Å²) in [6, 6.07) is 3.06. The monoisotopic (exact) mass is 289 g/mol. The highest BCUT2D eigenvalue weighted by Crippen LogP contribution is 2.19. The Balaban J connectivity index is 2.27. The van der Waals surface area contributed by atoms with E-state index in [4.69, 9.17) is 0 Å². The van der Waals surface area contributed by atoms with E-state index >= 15 is 0 Å². The Kier molecular flexibility index (Phi) is 4.94. The fourth-order valence-electron chi connectivity index (χ4n) is 2.70. The Morgan fingerprint density at radius 2 is 2.10 bits per heavy atom. The molecule has 2 amide bonds. The van der Waals surface area contributed by atoms with Crippen molar-refractivity contribution < 1.29 is 9.59 Å². The van der Waals surface area contributed by atoms with Crippen LogP contribution in [0.1, 0.15) is 44.4 Å². The first-order chi connectivity index (χ1) is 10.1. The molecule has 1 saturated heterocycles. The lowest BCUT2D eigenvalue weighted by atomic mass is 10.0. The van der Waals surface area contributed by atoms with Crippen LogP contribution in [0.2, 0.25) is 0 Å². The lowest BCUT2D eigenvalue weighted by Crippen LogP contribution is -2.62. The van der Waals surface area contributed by atoms with Gasteiger partial charge in [-0.1, -0.05) is 26.3 Å². The number of aryl methyl sites for hydroxylation is 1. The van der Waals surface area contributed by atoms with Crippen LogP contribution in [-0.4, -0.2) is 33.8 Å². The number of pyridine rings is 1. The molecule has 2 unspecified atom stereocenters. The maximum atomic E-state index is 12.6. The minimum absolute atomic E-state index is 0.000558. The molecule has 0 aromatic carbocycles. The van der Waals surface area contributed by atoms with Crippen molar-refractivity contribution in [2.45, 2.75) is 58.7 Å². The highest BCUT2D eigenvalue weighted by molar-refractivity contribution is 5.96. The first-order valence-corrected chi connectivity index (χ1v) is 7.59. The second-order valence-corrected chi connectivity index (χ2v) is 5.51. The molecule has 1 N–H and O–H groups in total. The summed E-state index contributed by atoms with van der Waals surface area (Å²) in [5.74, 6) is -0.0440. The molecular formula is C16H23N3O2. The first-order valence-electron chi connectivity index (χ1n) is 7.59. The number of nitrogens with one attached hydrogen (secondary N) is 1. The maximum Gasteiger partial charge on any atom is 0.246 e. The Morgan fingerprint density at radius 3 is 2.71 bits per heavy atom. The minimum Gasteiger partial charge on any atom is -0.343 e. The molecule has 114 valence electrons. The van der Waals surface area contributed by atoms with Crippen molar-refractivity contribution >= 4 is 11.8 Å². The van der Waals surface area contributed by atoms with Crippen LogP contribution in [-0.2, 0) is 16.1 Å². The predicted octanol–water partition coefficient (Wildman–Crippen LogP) is 1.80. The second kappa shape index (κ2) is 6.70. The summed E-state index contributed by atoms with van der Waals surface area (Å²) >= 11 is 0. The van der Waals surface area contributed by atoms with Crippen LogP contribution in [0.25, 0.3) is 0 Å². The van der Waals surface area contributed by atoms with Crippen LogP contribution >= 0.6 is 0 Å². The van der Waals surface area contributed by atoms with E-state index in [0.29, 0.717) is 19.4 Å². The number of carbonyl (C=O) groups is 2. The van der Waals surface area contributed by atoms with Crippen molar-refractivity contribution in [1.82, 2.24) is 15.2 Å². The molecule has 1 aromatic rings. The predicted molar refractivity (Wildman–Crippen MR) is 80.4 cm³/mol. The molecule has 1 aliphatic rings. The molecular weight excluding hydrogens is 266 g/mol. The molecule has 2 rings (SSSR count). The van der Waals surface area contributed by atoms with Gasteiger partial charge in [0, 0.05) is 6.20 Å². The molecule has 1 fully saturated rings. The van der Waals surface area contributed by atoms with Crippen molar-refractivity contribution in [3.8, 4) is 0 Å². The van der Waals surface area contributed by atoms with Crippen LogP contribution in [0.3, 0.4) is 0 Å². The van der Waals surface area contributed by atoms with Gasteiger partial charge in [-0.15, -0.1) is 0 Å². The van der Waals surface area contributed by atoms with Gasteiger partial charge in [0.25, 0.3) is 0 Å². The lowest BCUT2D eigenvalue weighted by molar-refractivity contribution is -0.150. The average molecular weight is 289 g/mol. The molecule has 0 saturated carbocycles. The van der Waals surface area contributed by atoms with Crippen molar-refractivity contribution in [2.24, 2.45) is 0 Å². The number of rotatable bonds is 5. The number of piperazine rings is 1. The van der Waals surface area contributed by atoms with E-state index in [1.807, 2.05) is 32.9 Å². The normalized spacial score (nSPS) is 22.3. The van der Waals surface area contributed by atoms with E-state index in [9.17, 15) is 9.59 Å². The molecule has 21 heavy (non-hydrogen) atoms. The smallest absolute Gasteiger partial charge is 0.246 e. The number of amides is 2. The fourth-order valence-corrected chi connectivity index (χ4v) is 2.70. The van der Waals surface area contributed by atoms with E-state index in [2.05, 4.69) is 10.3 Å². The quantitative estimate of drug-likeness (QED) is 0.899. The Bertz CT molecular complexity index is 530. The summed E-state index contributed by atoms with van der Waals surface area (Å²) < 4.78 is 0. The van der Waals surface area contributed by atoms with Gasteiger partial charge in [0.15, 0.2) is 0 Å². The van der Waals surface area contributed by atoms with Crippen molar-refractivity contribution in [3.63, 3.8) is 0 Å². The number of aromatic nitrogens is 1. The minimum atomic E-state index is -0.408. The highest BCUT2D eigenvalue weighted by atomic mass is 16.2. The largest absolute Gasteiger partial charge is 0.343 e. The second-order valence-electron chi connectivity index (χ2n) is 5.51. The average Bonchev–Trinajstić information content (AvgIpc) is 2.48. The van der Waals surface area contributed by atoms with Gasteiger partial charge in [0.1, 0.15) is 12.1 Å². The van der Waals surface area contributed by atoms with Crippen molar-refractivity contribution in [3.05, 3.63) is 29.6 Å². The van der Waals surface area contributed by atoms with Crippen LogP contribution in [0.5, 0.6) is 0 Å². The van der Waals surface area contributed by atoms with Gasteiger partial charge < -0.3 is 10.2 Å². The summed E-state index contributed by atoms with van der Waals surface area (Å²) in [4.78, 5) is 30.9. The summed E-state index contributed by atoms with van der Waals surface area (Å²) in [7, 11) is 0. The summed E-state index contributed by atoms with van der Waals surface area (Å²) in [6.07, 6.45) is 3.88. The number of hydrogen-bond acceptors (Lipinski definition) is 3. The van der Waals surface area contributed by atoms with Gasteiger partial charge in [-0.2, -0.15) is 0 Å². The number of carbonyl (C=O) groups excluding carboxylic acids is 2. The number of nitrogens with zero attached hydrogens (tertiary/aromatic N) is 2. The first kappa shape index (κ1) is 15.5. The zero-order valence-electron chi connectivity index (χ0n) is 12.9. The Labute approximate surface area is 125 Å². The standard InChI is InChI=1S/C16H23N3O2/c1-4-7-14-15(20)18-12(5-2)16(21)19(14)10-13-11(3)8-6-9-17-13/h6,8-9,12,14H,4-5,7,10H2,1-3H3,(H,18,20). The Morgan fingerprint density at radius 1 is 1.33 bits per heavy atom. The maximum absolute atomic E-state index is 12.6. The van der Waals surface area contributed by atoms with E-state index in [-0.39, 0.29) is 17.9 Å². The van der Waals surface area contributed by atoms with Gasteiger partial charge in [-0.25, -0.2) is 0 Å². The van der Waals surface area contributed by atoms with Crippen LogP contribution in [0.4, 0.5) is 0 Å². The van der Waals surface area contributed by atoms with Crippen molar-refractivity contribution in [1.29, 1.82) is 0 Å². The molecule has 0 spiro atoms. The van der Waals surface area contributed by atoms with Crippen LogP contribution < -0.4 is 5.32 Å². The summed E-state index contributed by atoms with van der Waals surface area (Å²) in [6.45, 7) is 6.31. The molecule has 5 heteroatoms.